The van der Waals surface area contributed by atoms with Gasteiger partial charge in [0.1, 0.15) is 4.75 Å². The summed E-state index contributed by atoms with van der Waals surface area (Å²) in [6.07, 6.45) is 5.16. The third-order valence-corrected chi connectivity index (χ3v) is 5.08. The van der Waals surface area contributed by atoms with Crippen molar-refractivity contribution in [1.29, 1.82) is 0 Å². The van der Waals surface area contributed by atoms with Crippen LogP contribution in [-0.2, 0) is 15.7 Å². The maximum atomic E-state index is 11.5. The molecule has 0 spiro atoms. The maximum Gasteiger partial charge on any atom is 0.181 e. The second-order valence-electron chi connectivity index (χ2n) is 4.54. The summed E-state index contributed by atoms with van der Waals surface area (Å²) in [5, 5.41) is 0. The number of carbonyl (C=O) groups excluding carboxylic acids is 1. The molecule has 0 radical (unpaired) electrons. The topological polar surface area (TPSA) is 17.1 Å². The minimum atomic E-state index is 0.230. The minimum absolute atomic E-state index is 0.230. The van der Waals surface area contributed by atoms with Crippen LogP contribution in [0.25, 0.3) is 0 Å². The molecule has 0 fully saturated rings. The van der Waals surface area contributed by atoms with Crippen molar-refractivity contribution in [2.24, 2.45) is 0 Å². The fourth-order valence-corrected chi connectivity index (χ4v) is 1.96. The van der Waals surface area contributed by atoms with E-state index in [0.29, 0.717) is 10.5 Å². The summed E-state index contributed by atoms with van der Waals surface area (Å²) in [6, 6.07) is 0. The second-order valence-corrected chi connectivity index (χ2v) is 7.32. The maximum absolute atomic E-state index is 11.5. The number of hydrogen-bond donors (Lipinski definition) is 0. The van der Waals surface area contributed by atoms with Gasteiger partial charge in [-0.15, -0.1) is 0 Å². The van der Waals surface area contributed by atoms with Crippen molar-refractivity contribution in [2.75, 3.05) is 12.0 Å². The van der Waals surface area contributed by atoms with E-state index in [2.05, 4.69) is 34.0 Å². The van der Waals surface area contributed by atoms with E-state index in [4.69, 9.17) is 0 Å². The molecule has 0 amide bonds. The molecule has 1 unspecified atom stereocenters. The van der Waals surface area contributed by atoms with Crippen LogP contribution >= 0.6 is 0 Å². The molecule has 78 valence electrons. The number of carbonyl (C=O) groups is 1. The molecule has 0 saturated carbocycles. The van der Waals surface area contributed by atoms with Crippen LogP contribution in [0.2, 0.25) is 0 Å². The van der Waals surface area contributed by atoms with Crippen molar-refractivity contribution >= 4 is 16.7 Å². The van der Waals surface area contributed by atoms with Gasteiger partial charge in [-0.2, -0.15) is 0 Å². The molecule has 0 bridgehead atoms. The highest BCUT2D eigenvalue weighted by atomic mass is 32.2. The Balaban J connectivity index is 3.79. The van der Waals surface area contributed by atoms with Crippen LogP contribution in [0.4, 0.5) is 0 Å². The summed E-state index contributed by atoms with van der Waals surface area (Å²) in [4.78, 5) is 11.5. The molecule has 0 aromatic heterocycles. The molecule has 2 heteroatoms. The minimum Gasteiger partial charge on any atom is -0.294 e. The lowest BCUT2D eigenvalue weighted by molar-refractivity contribution is -0.116. The van der Waals surface area contributed by atoms with Gasteiger partial charge in [-0.3, -0.25) is 4.79 Å². The molecule has 0 saturated heterocycles. The molecular weight excluding hydrogens is 180 g/mol. The quantitative estimate of drug-likeness (QED) is 0.628. The summed E-state index contributed by atoms with van der Waals surface area (Å²) >= 11 is 0. The van der Waals surface area contributed by atoms with Crippen molar-refractivity contribution in [1.82, 2.24) is 0 Å². The molecule has 0 aliphatic carbocycles. The highest BCUT2D eigenvalue weighted by Crippen LogP contribution is 2.17. The summed E-state index contributed by atoms with van der Waals surface area (Å²) in [5.74, 6) is 1.23. The lowest BCUT2D eigenvalue weighted by Crippen LogP contribution is -2.32. The summed E-state index contributed by atoms with van der Waals surface area (Å²) in [6.45, 7) is 8.76. The first-order valence-electron chi connectivity index (χ1n) is 5.02. The van der Waals surface area contributed by atoms with Crippen molar-refractivity contribution in [2.45, 2.75) is 51.7 Å². The molecule has 0 aromatic rings. The van der Waals surface area contributed by atoms with Crippen molar-refractivity contribution in [3.8, 4) is 0 Å². The first kappa shape index (κ1) is 13.0. The molecule has 0 rings (SSSR count). The molecule has 0 N–H and O–H groups in total. The number of hydrogen-bond acceptors (Lipinski definition) is 1. The summed E-state index contributed by atoms with van der Waals surface area (Å²) in [7, 11) is 0.230. The third-order valence-electron chi connectivity index (χ3n) is 2.23. The van der Waals surface area contributed by atoms with Gasteiger partial charge in [0, 0.05) is 6.42 Å². The Labute approximate surface area is 85.6 Å². The summed E-state index contributed by atoms with van der Waals surface area (Å²) < 4.78 is 0.294. The van der Waals surface area contributed by atoms with Crippen molar-refractivity contribution in [3.63, 3.8) is 0 Å². The normalized spacial score (nSPS) is 14.2. The Kier molecular flexibility index (Phi) is 5.70. The van der Waals surface area contributed by atoms with Gasteiger partial charge in [-0.1, -0.05) is 13.3 Å². The molecule has 1 nitrogen and oxygen atoms in total. The summed E-state index contributed by atoms with van der Waals surface area (Å²) in [5.41, 5.74) is 0. The Hall–Kier alpha value is 0.0200. The zero-order chi connectivity index (χ0) is 10.5. The molecular formula is C11H23OS+. The van der Waals surface area contributed by atoms with E-state index >= 15 is 0 Å². The second kappa shape index (κ2) is 5.69. The molecule has 0 aromatic carbocycles. The lowest BCUT2D eigenvalue weighted by atomic mass is 10.2. The number of rotatable bonds is 5. The predicted molar refractivity (Wildman–Crippen MR) is 62.4 cm³/mol. The molecule has 1 atom stereocenters. The van der Waals surface area contributed by atoms with Gasteiger partial charge in [0.05, 0.1) is 6.26 Å². The monoisotopic (exact) mass is 203 g/mol. The van der Waals surface area contributed by atoms with Crippen molar-refractivity contribution < 1.29 is 4.79 Å². The SMILES string of the molecule is CCCCC(=O)C[S+](C)C(C)(C)C. The molecule has 0 aliphatic rings. The fraction of sp³-hybridized carbons (Fsp3) is 0.909. The van der Waals surface area contributed by atoms with Gasteiger partial charge in [-0.25, -0.2) is 0 Å². The van der Waals surface area contributed by atoms with Gasteiger partial charge in [0.25, 0.3) is 0 Å². The largest absolute Gasteiger partial charge is 0.294 e. The van der Waals surface area contributed by atoms with E-state index < -0.39 is 0 Å². The Morgan fingerprint density at radius 1 is 1.31 bits per heavy atom. The van der Waals surface area contributed by atoms with Crippen LogP contribution in [0.15, 0.2) is 0 Å². The van der Waals surface area contributed by atoms with E-state index in [-0.39, 0.29) is 10.9 Å². The number of unbranched alkanes of at least 4 members (excludes halogenated alkanes) is 1. The Morgan fingerprint density at radius 2 is 1.85 bits per heavy atom. The first-order valence-corrected chi connectivity index (χ1v) is 6.82. The van der Waals surface area contributed by atoms with E-state index in [1.165, 1.54) is 0 Å². The predicted octanol–water partition coefficient (Wildman–Crippen LogP) is 2.79. The highest BCUT2D eigenvalue weighted by Gasteiger charge is 2.31. The number of ketones is 1. The van der Waals surface area contributed by atoms with Crippen LogP contribution in [0.3, 0.4) is 0 Å². The average Bonchev–Trinajstić information content (AvgIpc) is 1.99. The third kappa shape index (κ3) is 6.14. The zero-order valence-electron chi connectivity index (χ0n) is 9.64. The van der Waals surface area contributed by atoms with Gasteiger partial charge in [-0.05, 0) is 38.1 Å². The number of Topliss-reactive ketones (excluding diaryl/α,β-unsaturated/α-hetero) is 1. The van der Waals surface area contributed by atoms with Crippen LogP contribution in [0.5, 0.6) is 0 Å². The highest BCUT2D eigenvalue weighted by molar-refractivity contribution is 7.98. The molecule has 0 aliphatic heterocycles. The zero-order valence-corrected chi connectivity index (χ0v) is 10.5. The Bertz CT molecular complexity index is 158. The lowest BCUT2D eigenvalue weighted by Gasteiger charge is -2.17. The van der Waals surface area contributed by atoms with E-state index in [1.807, 2.05) is 0 Å². The van der Waals surface area contributed by atoms with Crippen LogP contribution in [0.1, 0.15) is 47.0 Å². The first-order chi connectivity index (χ1) is 5.88. The van der Waals surface area contributed by atoms with Gasteiger partial charge in [0.2, 0.25) is 0 Å². The van der Waals surface area contributed by atoms with E-state index in [9.17, 15) is 4.79 Å². The van der Waals surface area contributed by atoms with E-state index in [1.54, 1.807) is 0 Å². The van der Waals surface area contributed by atoms with Crippen molar-refractivity contribution in [3.05, 3.63) is 0 Å². The van der Waals surface area contributed by atoms with Gasteiger partial charge in [0.15, 0.2) is 11.5 Å². The fourth-order valence-electron chi connectivity index (χ4n) is 0.904. The van der Waals surface area contributed by atoms with Crippen LogP contribution in [0, 0.1) is 0 Å². The van der Waals surface area contributed by atoms with Crippen LogP contribution < -0.4 is 0 Å². The standard InChI is InChI=1S/C11H23OS/c1-6-7-8-10(12)9-13(5)11(2,3)4/h6-9H2,1-5H3/q+1. The van der Waals surface area contributed by atoms with Gasteiger partial charge >= 0.3 is 0 Å². The molecule has 0 heterocycles. The average molecular weight is 203 g/mol. The smallest absolute Gasteiger partial charge is 0.181 e. The van der Waals surface area contributed by atoms with Gasteiger partial charge < -0.3 is 0 Å². The van der Waals surface area contributed by atoms with Crippen LogP contribution in [-0.4, -0.2) is 22.5 Å². The van der Waals surface area contributed by atoms with E-state index in [0.717, 1.165) is 25.0 Å². The molecule has 13 heavy (non-hydrogen) atoms. The Morgan fingerprint density at radius 3 is 2.23 bits per heavy atom.